The molecule has 0 aliphatic rings. The first-order chi connectivity index (χ1) is 66.7. The monoisotopic (exact) mass is 2250 g/mol. The van der Waals surface area contributed by atoms with E-state index >= 15 is 0 Å². The Morgan fingerprint density at radius 2 is 0.705 bits per heavy atom. The molecule has 0 fully saturated rings. The van der Waals surface area contributed by atoms with E-state index in [0.29, 0.717) is 11.8 Å². The minimum absolute atomic E-state index is 0. The number of hydrogen-bond donors (Lipinski definition) is 0. The van der Waals surface area contributed by atoms with Gasteiger partial charge in [0.25, 0.3) is 0 Å². The Balaban J connectivity index is 0.000000119. The van der Waals surface area contributed by atoms with Crippen molar-refractivity contribution in [2.45, 2.75) is 94.4 Å². The van der Waals surface area contributed by atoms with E-state index < -0.39 is 18.4 Å². The van der Waals surface area contributed by atoms with Gasteiger partial charge < -0.3 is 22.0 Å². The Bertz CT molecular complexity index is 8600. The molecule has 0 aliphatic heterocycles. The van der Waals surface area contributed by atoms with Crippen LogP contribution in [-0.2, 0) is 53.9 Å². The second kappa shape index (κ2) is 44.0. The number of halogens is 4. The van der Waals surface area contributed by atoms with Crippen LogP contribution in [0.15, 0.2) is 341 Å². The molecule has 139 heavy (non-hydrogen) atoms. The Morgan fingerprint density at radius 3 is 1.17 bits per heavy atom. The fourth-order valence-electron chi connectivity index (χ4n) is 19.0. The van der Waals surface area contributed by atoms with Gasteiger partial charge in [0.15, 0.2) is 0 Å². The molecule has 0 atom stereocenters. The van der Waals surface area contributed by atoms with Crippen LogP contribution >= 0.6 is 43.1 Å². The summed E-state index contributed by atoms with van der Waals surface area (Å²) in [6.45, 7) is 20.0. The van der Waals surface area contributed by atoms with Gasteiger partial charge >= 0.3 is 283 Å². The number of fused-ring (bicyclic) bond motifs is 36. The average molecular weight is 2260 g/mol. The molecule has 26 rings (SSSR count). The molecule has 12 nitrogen and oxygen atoms in total. The third kappa shape index (κ3) is 20.0. The Labute approximate surface area is 887 Å². The normalized spacial score (nSPS) is 11.5. The fraction of sp³-hybridized carbons (Fsp3) is 0.128. The predicted octanol–water partition coefficient (Wildman–Crippen LogP) is 25.4. The molecular formula is C117H94BrClFILi2N12SnZn3. The minimum atomic E-state index is -2.27. The van der Waals surface area contributed by atoms with Crippen molar-refractivity contribution in [2.24, 2.45) is 0 Å². The van der Waals surface area contributed by atoms with Crippen LogP contribution in [0.3, 0.4) is 0 Å². The van der Waals surface area contributed by atoms with Gasteiger partial charge in [0.1, 0.15) is 0 Å². The van der Waals surface area contributed by atoms with Crippen molar-refractivity contribution in [2.75, 3.05) is 0 Å². The van der Waals surface area contributed by atoms with E-state index in [2.05, 4.69) is 376 Å². The number of aromatic nitrogens is 12. The molecule has 0 unspecified atom stereocenters. The van der Waals surface area contributed by atoms with Crippen molar-refractivity contribution in [1.82, 2.24) is 56.3 Å². The number of benzene rings is 14. The van der Waals surface area contributed by atoms with Crippen molar-refractivity contribution in [3.63, 3.8) is 0 Å². The molecule has 0 saturated heterocycles. The second-order valence-electron chi connectivity index (χ2n) is 36.7. The quantitative estimate of drug-likeness (QED) is 0.0736. The van der Waals surface area contributed by atoms with Gasteiger partial charge in [-0.2, -0.15) is 0 Å². The van der Waals surface area contributed by atoms with Crippen LogP contribution < -0.4 is 41.3 Å². The van der Waals surface area contributed by atoms with Crippen LogP contribution in [0, 0.1) is 50.0 Å². The summed E-state index contributed by atoms with van der Waals surface area (Å²) in [4.78, 5) is 34.6. The first kappa shape index (κ1) is 102. The summed E-state index contributed by atoms with van der Waals surface area (Å²) in [6.07, 6.45) is 23.2. The number of hydrogen-bond acceptors (Lipinski definition) is 6. The van der Waals surface area contributed by atoms with E-state index in [0.717, 1.165) is 94.4 Å². The van der Waals surface area contributed by atoms with Crippen LogP contribution in [0.1, 0.15) is 88.1 Å². The van der Waals surface area contributed by atoms with E-state index in [1.165, 1.54) is 174 Å². The Hall–Kier alpha value is -10.4. The molecule has 26 aromatic rings. The van der Waals surface area contributed by atoms with Crippen LogP contribution in [0.25, 0.3) is 186 Å². The number of pyridine rings is 6. The summed E-state index contributed by atoms with van der Waals surface area (Å²) in [7, 11) is 4.76. The summed E-state index contributed by atoms with van der Waals surface area (Å²) in [5, 5.41) is 20.9. The SMILES string of the molecule is CC(C)(C)c1ccc2c(c1)c1ccc[c]([Sn]([CH3])([CH3])[CH3])c1c1nccn21.CC(C)c1ccc(-c2ccc3c(c2)c2ccc[c-]c2c2nccn32)cc1.CC(C)c1ccc(-c2cccc3c4ccc[c-]c4c4nccn4c23)cc1.Cc1ccc2c(c1)c1ccc[c-]c1c1nccn21.Cc1ccc2c(c1)c1ccc[c-]c1c1nccn21.Fc1c[c-]c2c(c1)c1ccccc1n1ccnc21.[Cl][Zn+].[Li+].[Li+].[Zn+][Br].[Zn+][I]. The molecule has 0 bridgehead atoms. The molecule has 0 N–H and O–H groups in total. The zero-order chi connectivity index (χ0) is 95.7. The van der Waals surface area contributed by atoms with Crippen molar-refractivity contribution < 1.29 is 90.6 Å². The van der Waals surface area contributed by atoms with Gasteiger partial charge in [0.2, 0.25) is 0 Å². The third-order valence-corrected chi connectivity index (χ3v) is 31.4. The van der Waals surface area contributed by atoms with E-state index in [1.807, 2.05) is 139 Å². The van der Waals surface area contributed by atoms with E-state index in [9.17, 15) is 4.39 Å². The molecule has 0 radical (unpaired) electrons. The van der Waals surface area contributed by atoms with Crippen LogP contribution in [0.5, 0.6) is 0 Å². The van der Waals surface area contributed by atoms with Gasteiger partial charge in [0, 0.05) is 101 Å². The van der Waals surface area contributed by atoms with Crippen LogP contribution in [0.2, 0.25) is 14.8 Å². The van der Waals surface area contributed by atoms with Gasteiger partial charge in [-0.3, -0.25) is 29.3 Å². The number of imidazole rings is 6. The van der Waals surface area contributed by atoms with Gasteiger partial charge in [0.05, 0.1) is 28.2 Å². The molecule has 0 amide bonds. The summed E-state index contributed by atoms with van der Waals surface area (Å²) in [5.41, 5.74) is 24.5. The second-order valence-corrected chi connectivity index (χ2v) is 51.1. The zero-order valence-corrected chi connectivity index (χ0v) is 96.7. The van der Waals surface area contributed by atoms with Crippen LogP contribution in [0.4, 0.5) is 4.39 Å². The summed E-state index contributed by atoms with van der Waals surface area (Å²) in [6, 6.07) is 110. The maximum atomic E-state index is 13.4. The number of nitrogens with zero attached hydrogens (tertiary/aromatic N) is 12. The third-order valence-electron chi connectivity index (χ3n) is 25.6. The predicted molar refractivity (Wildman–Crippen MR) is 574 cm³/mol. The van der Waals surface area contributed by atoms with Crippen LogP contribution in [-0.4, -0.2) is 74.7 Å². The maximum absolute atomic E-state index is 13.4. The summed E-state index contributed by atoms with van der Waals surface area (Å²) >= 11 is 6.44. The fourth-order valence-corrected chi connectivity index (χ4v) is 23.5. The average Bonchev–Trinajstić information content (AvgIpc) is 1.73. The zero-order valence-electron chi connectivity index (χ0n) is 80.5. The Morgan fingerprint density at radius 1 is 0.353 bits per heavy atom. The molecule has 14 aromatic carbocycles. The molecule has 12 aromatic heterocycles. The molecule has 662 valence electrons. The summed E-state index contributed by atoms with van der Waals surface area (Å²) in [5.74, 6) is 0.814. The molecule has 0 aliphatic carbocycles. The van der Waals surface area contributed by atoms with Gasteiger partial charge in [-0.15, -0.1) is 137 Å². The van der Waals surface area contributed by atoms with E-state index in [-0.39, 0.29) is 49.0 Å². The van der Waals surface area contributed by atoms with Crippen molar-refractivity contribution in [3.05, 3.63) is 405 Å². The topological polar surface area (TPSA) is 104 Å². The standard InChI is InChI=1S/2C24H19N2.C19H17N2.2C16H11N2.C15H8FN2.3CH3.BrH.ClH.HI.2Li.Sn.3Zn/c1-16(2)17-10-12-18(13-11-17)19-8-5-9-21-20-6-3-4-7-22(20)24-25-14-15-26(24)23(19)21;1-16(2)17-7-9-18(10-8-17)19-11-12-23-22(15-19)20-5-3-4-6-21(20)24-25-13-14-26(23)24;1-19(2,3)13-8-9-17-16(12-13)14-6-4-5-7-15(14)18-20-10-11-21(17)18;2*1-11-6-7-15-14(10-11)12-4-2-3-5-13(12)16-17-8-9-18(15)16;16-10-5-6-12-13(9-10)11-3-1-2-4-14(11)18-8-7-17-15(12)18;;;;;;;;;;;;/h3-6,8-16H,1-2H3;3-5,7-16H,1-2H3;4-6,8-12H,1-3H3;2*2-4,6-10H,1H3;1-5,7-9H;3*1H3;3*1H;;;;;;/q2*-1;;3*-1;;;;;;;2*+1;;3*+2/p-3. The molecular weight excluding hydrogens is 2160 g/mol. The molecule has 12 heterocycles. The molecule has 22 heteroatoms. The van der Waals surface area contributed by atoms with E-state index in [1.54, 1.807) is 15.8 Å². The van der Waals surface area contributed by atoms with E-state index in [4.69, 9.17) is 14.7 Å². The summed E-state index contributed by atoms with van der Waals surface area (Å²) < 4.78 is 27.9. The van der Waals surface area contributed by atoms with Crippen molar-refractivity contribution in [3.8, 4) is 22.3 Å². The first-order valence-electron chi connectivity index (χ1n) is 45.5. The molecule has 0 saturated carbocycles. The van der Waals surface area contributed by atoms with Gasteiger partial charge in [-0.05, 0) is 105 Å². The number of rotatable bonds is 5. The van der Waals surface area contributed by atoms with Gasteiger partial charge in [-0.25, -0.2) is 0 Å². The Kier molecular flexibility index (Phi) is 32.2. The number of para-hydroxylation sites is 2. The molecule has 0 spiro atoms. The van der Waals surface area contributed by atoms with Crippen molar-refractivity contribution in [1.29, 1.82) is 0 Å². The number of aryl methyl sites for hydroxylation is 2. The first-order valence-corrected chi connectivity index (χ1v) is 75.4. The van der Waals surface area contributed by atoms with Crippen molar-refractivity contribution >= 4 is 229 Å². The van der Waals surface area contributed by atoms with Gasteiger partial charge in [-0.1, -0.05) is 192 Å².